The van der Waals surface area contributed by atoms with Crippen molar-refractivity contribution in [2.75, 3.05) is 19.5 Å². The third-order valence-corrected chi connectivity index (χ3v) is 2.79. The molecule has 2 rings (SSSR count). The molecule has 0 saturated heterocycles. The topological polar surface area (TPSA) is 76.2 Å². The third kappa shape index (κ3) is 3.85. The van der Waals surface area contributed by atoms with E-state index in [9.17, 15) is 4.79 Å². The molecule has 6 heteroatoms. The van der Waals surface area contributed by atoms with E-state index in [1.54, 1.807) is 38.5 Å². The van der Waals surface area contributed by atoms with E-state index in [-0.39, 0.29) is 5.91 Å². The summed E-state index contributed by atoms with van der Waals surface area (Å²) in [6.45, 7) is 1.86. The summed E-state index contributed by atoms with van der Waals surface area (Å²) in [5.74, 6) is 1.50. The summed E-state index contributed by atoms with van der Waals surface area (Å²) in [7, 11) is 3.14. The number of carbonyl (C=O) groups is 1. The van der Waals surface area contributed by atoms with Crippen LogP contribution < -0.4 is 14.8 Å². The van der Waals surface area contributed by atoms with Gasteiger partial charge in [0, 0.05) is 17.8 Å². The maximum atomic E-state index is 11.8. The number of H-pyrrole nitrogens is 1. The minimum absolute atomic E-state index is 0.253. The van der Waals surface area contributed by atoms with Gasteiger partial charge in [0.05, 0.1) is 14.2 Å². The van der Waals surface area contributed by atoms with Gasteiger partial charge in [-0.2, -0.15) is 5.10 Å². The van der Waals surface area contributed by atoms with E-state index in [4.69, 9.17) is 9.47 Å². The Labute approximate surface area is 122 Å². The Bertz CT molecular complexity index is 662. The number of methoxy groups -OCH3 is 2. The Kier molecular flexibility index (Phi) is 4.61. The van der Waals surface area contributed by atoms with Crippen molar-refractivity contribution >= 4 is 17.8 Å². The maximum absolute atomic E-state index is 11.8. The Hall–Kier alpha value is -2.76. The number of nitrogens with one attached hydrogen (secondary N) is 2. The van der Waals surface area contributed by atoms with Crippen molar-refractivity contribution in [3.63, 3.8) is 0 Å². The monoisotopic (exact) mass is 287 g/mol. The number of aryl methyl sites for hydroxylation is 1. The summed E-state index contributed by atoms with van der Waals surface area (Å²) in [4.78, 5) is 11.8. The molecule has 0 aliphatic rings. The van der Waals surface area contributed by atoms with E-state index in [0.717, 1.165) is 11.3 Å². The zero-order valence-corrected chi connectivity index (χ0v) is 12.1. The Morgan fingerprint density at radius 2 is 2.00 bits per heavy atom. The van der Waals surface area contributed by atoms with Crippen LogP contribution in [0.15, 0.2) is 30.3 Å². The highest BCUT2D eigenvalue weighted by atomic mass is 16.5. The molecule has 0 spiro atoms. The second-order valence-corrected chi connectivity index (χ2v) is 4.37. The van der Waals surface area contributed by atoms with E-state index >= 15 is 0 Å². The van der Waals surface area contributed by atoms with Gasteiger partial charge in [0.25, 0.3) is 0 Å². The van der Waals surface area contributed by atoms with Crippen molar-refractivity contribution in [2.45, 2.75) is 6.92 Å². The molecule has 2 N–H and O–H groups in total. The lowest BCUT2D eigenvalue weighted by atomic mass is 10.2. The zero-order chi connectivity index (χ0) is 15.2. The van der Waals surface area contributed by atoms with Crippen LogP contribution in [0.4, 0.5) is 5.82 Å². The summed E-state index contributed by atoms with van der Waals surface area (Å²) >= 11 is 0. The molecule has 0 aliphatic heterocycles. The van der Waals surface area contributed by atoms with E-state index in [1.165, 1.54) is 6.08 Å². The molecular weight excluding hydrogens is 270 g/mol. The van der Waals surface area contributed by atoms with Crippen LogP contribution in [0.1, 0.15) is 11.3 Å². The van der Waals surface area contributed by atoms with Crippen molar-refractivity contribution in [1.29, 1.82) is 0 Å². The lowest BCUT2D eigenvalue weighted by Crippen LogP contribution is -2.07. The van der Waals surface area contributed by atoms with Crippen LogP contribution in [-0.4, -0.2) is 30.3 Å². The molecule has 0 saturated carbocycles. The Morgan fingerprint density at radius 3 is 2.62 bits per heavy atom. The van der Waals surface area contributed by atoms with Gasteiger partial charge in [-0.3, -0.25) is 9.89 Å². The predicted molar refractivity (Wildman–Crippen MR) is 80.5 cm³/mol. The molecule has 21 heavy (non-hydrogen) atoms. The van der Waals surface area contributed by atoms with Crippen LogP contribution in [0.2, 0.25) is 0 Å². The minimum atomic E-state index is -0.253. The molecule has 2 aromatic rings. The van der Waals surface area contributed by atoms with E-state index in [1.807, 2.05) is 13.0 Å². The molecule has 0 aliphatic carbocycles. The average Bonchev–Trinajstić information content (AvgIpc) is 2.89. The molecule has 0 radical (unpaired) electrons. The number of rotatable bonds is 5. The highest BCUT2D eigenvalue weighted by molar-refractivity contribution is 6.01. The van der Waals surface area contributed by atoms with Crippen molar-refractivity contribution in [3.05, 3.63) is 41.6 Å². The van der Waals surface area contributed by atoms with Crippen molar-refractivity contribution in [1.82, 2.24) is 10.2 Å². The van der Waals surface area contributed by atoms with Gasteiger partial charge in [-0.15, -0.1) is 0 Å². The largest absolute Gasteiger partial charge is 0.493 e. The number of anilines is 1. The van der Waals surface area contributed by atoms with Gasteiger partial charge >= 0.3 is 0 Å². The summed E-state index contributed by atoms with van der Waals surface area (Å²) in [6.07, 6.45) is 3.13. The number of ether oxygens (including phenoxy) is 2. The number of aromatic amines is 1. The van der Waals surface area contributed by atoms with Gasteiger partial charge in [0.2, 0.25) is 5.91 Å². The zero-order valence-electron chi connectivity index (χ0n) is 12.1. The second kappa shape index (κ2) is 6.60. The fourth-order valence-electron chi connectivity index (χ4n) is 1.78. The number of aromatic nitrogens is 2. The fourth-order valence-corrected chi connectivity index (χ4v) is 1.78. The summed E-state index contributed by atoms with van der Waals surface area (Å²) in [6, 6.07) is 7.17. The molecular formula is C15H17N3O3. The summed E-state index contributed by atoms with van der Waals surface area (Å²) in [5, 5.41) is 9.35. The lowest BCUT2D eigenvalue weighted by Gasteiger charge is -2.07. The standard InChI is InChI=1S/C15H17N3O3/c1-10-8-14(18-17-10)16-15(19)7-5-11-4-6-12(20-2)13(9-11)21-3/h4-9H,1-3H3,(H2,16,17,18,19). The number of nitrogens with zero attached hydrogens (tertiary/aromatic N) is 1. The van der Waals surface area contributed by atoms with Gasteiger partial charge in [-0.05, 0) is 30.7 Å². The second-order valence-electron chi connectivity index (χ2n) is 4.37. The first-order chi connectivity index (χ1) is 10.1. The molecule has 0 atom stereocenters. The van der Waals surface area contributed by atoms with Gasteiger partial charge < -0.3 is 14.8 Å². The van der Waals surface area contributed by atoms with Crippen LogP contribution in [0.25, 0.3) is 6.08 Å². The van der Waals surface area contributed by atoms with Crippen LogP contribution in [-0.2, 0) is 4.79 Å². The number of benzene rings is 1. The SMILES string of the molecule is COc1ccc(C=CC(=O)Nc2cc(C)[nH]n2)cc1OC. The Balaban J connectivity index is 2.04. The van der Waals surface area contributed by atoms with Gasteiger partial charge in [0.1, 0.15) is 0 Å². The predicted octanol–water partition coefficient (Wildman–Crippen LogP) is 2.39. The lowest BCUT2D eigenvalue weighted by molar-refractivity contribution is -0.111. The molecule has 1 amide bonds. The third-order valence-electron chi connectivity index (χ3n) is 2.79. The smallest absolute Gasteiger partial charge is 0.249 e. The number of hydrogen-bond acceptors (Lipinski definition) is 4. The number of carbonyl (C=O) groups excluding carboxylic acids is 1. The molecule has 1 aromatic heterocycles. The molecule has 1 heterocycles. The Morgan fingerprint density at radius 1 is 1.24 bits per heavy atom. The first kappa shape index (κ1) is 14.6. The van der Waals surface area contributed by atoms with Crippen molar-refractivity contribution < 1.29 is 14.3 Å². The first-order valence-corrected chi connectivity index (χ1v) is 6.35. The highest BCUT2D eigenvalue weighted by Crippen LogP contribution is 2.27. The van der Waals surface area contributed by atoms with Gasteiger partial charge in [0.15, 0.2) is 17.3 Å². The highest BCUT2D eigenvalue weighted by Gasteiger charge is 2.04. The van der Waals surface area contributed by atoms with E-state index in [0.29, 0.717) is 17.3 Å². The molecule has 0 bridgehead atoms. The molecule has 6 nitrogen and oxygen atoms in total. The van der Waals surface area contributed by atoms with E-state index < -0.39 is 0 Å². The first-order valence-electron chi connectivity index (χ1n) is 6.35. The van der Waals surface area contributed by atoms with Gasteiger partial charge in [-0.25, -0.2) is 0 Å². The molecule has 1 aromatic carbocycles. The normalized spacial score (nSPS) is 10.6. The molecule has 0 unspecified atom stereocenters. The molecule has 0 fully saturated rings. The quantitative estimate of drug-likeness (QED) is 0.828. The average molecular weight is 287 g/mol. The summed E-state index contributed by atoms with van der Waals surface area (Å²) in [5.41, 5.74) is 1.72. The number of amides is 1. The van der Waals surface area contributed by atoms with Crippen molar-refractivity contribution in [2.24, 2.45) is 0 Å². The van der Waals surface area contributed by atoms with Crippen molar-refractivity contribution in [3.8, 4) is 11.5 Å². The van der Waals surface area contributed by atoms with Crippen LogP contribution in [0.3, 0.4) is 0 Å². The fraction of sp³-hybridized carbons (Fsp3) is 0.200. The van der Waals surface area contributed by atoms with Gasteiger partial charge in [-0.1, -0.05) is 6.07 Å². The van der Waals surface area contributed by atoms with Crippen LogP contribution >= 0.6 is 0 Å². The molecule has 110 valence electrons. The maximum Gasteiger partial charge on any atom is 0.249 e. The number of hydrogen-bond donors (Lipinski definition) is 2. The van der Waals surface area contributed by atoms with E-state index in [2.05, 4.69) is 15.5 Å². The minimum Gasteiger partial charge on any atom is -0.493 e. The van der Waals surface area contributed by atoms with Crippen LogP contribution in [0.5, 0.6) is 11.5 Å². The summed E-state index contributed by atoms with van der Waals surface area (Å²) < 4.78 is 10.4. The van der Waals surface area contributed by atoms with Crippen LogP contribution in [0, 0.1) is 6.92 Å².